The Morgan fingerprint density at radius 3 is 2.92 bits per heavy atom. The number of rotatable bonds is 1. The van der Waals surface area contributed by atoms with Crippen molar-refractivity contribution < 1.29 is 0 Å². The number of nitrogens with zero attached hydrogens (tertiary/aromatic N) is 1. The van der Waals surface area contributed by atoms with Crippen LogP contribution < -0.4 is 0 Å². The van der Waals surface area contributed by atoms with Gasteiger partial charge in [-0.05, 0) is 24.8 Å². The zero-order chi connectivity index (χ0) is 8.55. The van der Waals surface area contributed by atoms with Crippen LogP contribution in [0.25, 0.3) is 10.2 Å². The highest BCUT2D eigenvalue weighted by Gasteiger charge is 2.03. The summed E-state index contributed by atoms with van der Waals surface area (Å²) in [5.74, 6) is 0. The van der Waals surface area contributed by atoms with Gasteiger partial charge in [0.25, 0.3) is 0 Å². The van der Waals surface area contributed by atoms with Gasteiger partial charge in [-0.25, -0.2) is 4.98 Å². The summed E-state index contributed by atoms with van der Waals surface area (Å²) in [7, 11) is 0. The van der Waals surface area contributed by atoms with Crippen molar-refractivity contribution in [1.29, 1.82) is 0 Å². The van der Waals surface area contributed by atoms with E-state index in [1.807, 2.05) is 0 Å². The molecule has 0 amide bonds. The van der Waals surface area contributed by atoms with E-state index in [0.29, 0.717) is 0 Å². The Bertz CT molecular complexity index is 406. The number of thiazole rings is 1. The van der Waals surface area contributed by atoms with Gasteiger partial charge in [0.05, 0.1) is 10.2 Å². The minimum absolute atomic E-state index is 1.13. The lowest BCUT2D eigenvalue weighted by Gasteiger charge is -1.90. The Hall–Kier alpha value is -0.540. The molecule has 0 atom stereocenters. The molecule has 0 saturated carbocycles. The second kappa shape index (κ2) is 3.07. The first kappa shape index (κ1) is 8.08. The fourth-order valence-electron chi connectivity index (χ4n) is 1.15. The Balaban J connectivity index is 2.74. The van der Waals surface area contributed by atoms with Crippen molar-refractivity contribution in [3.8, 4) is 0 Å². The van der Waals surface area contributed by atoms with Crippen molar-refractivity contribution >= 4 is 33.3 Å². The molecule has 0 spiro atoms. The first-order valence-electron chi connectivity index (χ1n) is 3.71. The average molecular weight is 195 g/mol. The molecule has 62 valence electrons. The van der Waals surface area contributed by atoms with Crippen LogP contribution in [0.3, 0.4) is 0 Å². The Morgan fingerprint density at radius 2 is 2.25 bits per heavy atom. The van der Waals surface area contributed by atoms with Gasteiger partial charge in [0, 0.05) is 0 Å². The van der Waals surface area contributed by atoms with Gasteiger partial charge in [0.2, 0.25) is 0 Å². The Labute approximate surface area is 79.8 Å². The normalized spacial score (nSPS) is 10.8. The molecular weight excluding hydrogens is 186 g/mol. The molecule has 0 saturated heterocycles. The van der Waals surface area contributed by atoms with Crippen LogP contribution in [-0.4, -0.2) is 11.2 Å². The number of hydrogen-bond acceptors (Lipinski definition) is 3. The van der Waals surface area contributed by atoms with E-state index in [-0.39, 0.29) is 0 Å². The number of fused-ring (bicyclic) bond motifs is 1. The molecule has 0 radical (unpaired) electrons. The predicted molar refractivity (Wildman–Crippen MR) is 56.1 cm³/mol. The van der Waals surface area contributed by atoms with Crippen LogP contribution in [0.5, 0.6) is 0 Å². The molecule has 12 heavy (non-hydrogen) atoms. The van der Waals surface area contributed by atoms with E-state index in [2.05, 4.69) is 36.4 Å². The molecule has 1 nitrogen and oxygen atoms in total. The smallest absolute Gasteiger partial charge is 0.150 e. The van der Waals surface area contributed by atoms with Crippen molar-refractivity contribution in [3.05, 3.63) is 23.8 Å². The second-order valence-corrected chi connectivity index (χ2v) is 4.66. The van der Waals surface area contributed by atoms with Crippen LogP contribution in [0.2, 0.25) is 0 Å². The molecule has 1 aromatic carbocycles. The van der Waals surface area contributed by atoms with Gasteiger partial charge in [-0.2, -0.15) is 0 Å². The quantitative estimate of drug-likeness (QED) is 0.647. The monoisotopic (exact) mass is 195 g/mol. The van der Waals surface area contributed by atoms with Gasteiger partial charge >= 0.3 is 0 Å². The van der Waals surface area contributed by atoms with Crippen molar-refractivity contribution in [3.63, 3.8) is 0 Å². The van der Waals surface area contributed by atoms with Gasteiger partial charge in [-0.15, -0.1) is 11.3 Å². The summed E-state index contributed by atoms with van der Waals surface area (Å²) in [6, 6.07) is 6.25. The highest BCUT2D eigenvalue weighted by atomic mass is 32.2. The molecule has 2 rings (SSSR count). The second-order valence-electron chi connectivity index (χ2n) is 2.61. The van der Waals surface area contributed by atoms with Crippen LogP contribution in [0.15, 0.2) is 22.5 Å². The van der Waals surface area contributed by atoms with Crippen LogP contribution >= 0.6 is 23.1 Å². The zero-order valence-electron chi connectivity index (χ0n) is 7.00. The molecule has 1 aromatic heterocycles. The van der Waals surface area contributed by atoms with Gasteiger partial charge in [-0.1, -0.05) is 23.9 Å². The van der Waals surface area contributed by atoms with Crippen molar-refractivity contribution in [2.45, 2.75) is 11.3 Å². The lowest BCUT2D eigenvalue weighted by atomic mass is 10.2. The molecule has 1 heterocycles. The lowest BCUT2D eigenvalue weighted by Crippen LogP contribution is -1.71. The summed E-state index contributed by atoms with van der Waals surface area (Å²) < 4.78 is 2.47. The molecule has 0 N–H and O–H groups in total. The van der Waals surface area contributed by atoms with Crippen molar-refractivity contribution in [1.82, 2.24) is 4.98 Å². The van der Waals surface area contributed by atoms with Gasteiger partial charge < -0.3 is 0 Å². The molecule has 0 bridgehead atoms. The third kappa shape index (κ3) is 1.23. The molecule has 3 heteroatoms. The summed E-state index contributed by atoms with van der Waals surface area (Å²) in [6.07, 6.45) is 2.06. The molecular formula is C9H9NS2. The van der Waals surface area contributed by atoms with Crippen LogP contribution in [0, 0.1) is 6.92 Å². The van der Waals surface area contributed by atoms with Crippen molar-refractivity contribution in [2.75, 3.05) is 6.26 Å². The fourth-order valence-corrected chi connectivity index (χ4v) is 2.69. The van der Waals surface area contributed by atoms with Crippen LogP contribution in [-0.2, 0) is 0 Å². The lowest BCUT2D eigenvalue weighted by molar-refractivity contribution is 1.31. The molecule has 0 aliphatic carbocycles. The molecule has 0 fully saturated rings. The summed E-state index contributed by atoms with van der Waals surface area (Å²) in [6.45, 7) is 2.13. The van der Waals surface area contributed by atoms with Crippen LogP contribution in [0.4, 0.5) is 0 Å². The highest BCUT2D eigenvalue weighted by Crippen LogP contribution is 2.29. The maximum Gasteiger partial charge on any atom is 0.150 e. The zero-order valence-corrected chi connectivity index (χ0v) is 8.63. The fraction of sp³-hybridized carbons (Fsp3) is 0.222. The number of benzene rings is 1. The summed E-state index contributed by atoms with van der Waals surface area (Å²) in [4.78, 5) is 4.47. The molecule has 0 aliphatic heterocycles. The standard InChI is InChI=1S/C9H9NS2/c1-6-4-3-5-7-8(6)12-9(10-7)11-2/h3-5H,1-2H3. The first-order chi connectivity index (χ1) is 5.81. The van der Waals surface area contributed by atoms with E-state index in [9.17, 15) is 0 Å². The third-order valence-corrected chi connectivity index (χ3v) is 3.96. The number of thioether (sulfide) groups is 1. The van der Waals surface area contributed by atoms with E-state index in [1.165, 1.54) is 10.3 Å². The Kier molecular flexibility index (Phi) is 2.07. The minimum Gasteiger partial charge on any atom is -0.230 e. The molecule has 0 aliphatic rings. The number of hydrogen-bond donors (Lipinski definition) is 0. The SMILES string of the molecule is CSc1nc2cccc(C)c2s1. The first-order valence-corrected chi connectivity index (χ1v) is 5.75. The maximum absolute atomic E-state index is 4.47. The largest absolute Gasteiger partial charge is 0.230 e. The highest BCUT2D eigenvalue weighted by molar-refractivity contribution is 8.00. The van der Waals surface area contributed by atoms with E-state index in [0.717, 1.165) is 9.86 Å². The van der Waals surface area contributed by atoms with E-state index in [1.54, 1.807) is 23.1 Å². The summed E-state index contributed by atoms with van der Waals surface area (Å²) in [5, 5.41) is 0. The molecule has 2 aromatic rings. The van der Waals surface area contributed by atoms with Gasteiger partial charge in [-0.3, -0.25) is 0 Å². The summed E-state index contributed by atoms with van der Waals surface area (Å²) in [5.41, 5.74) is 2.45. The van der Waals surface area contributed by atoms with E-state index < -0.39 is 0 Å². The topological polar surface area (TPSA) is 12.9 Å². The maximum atomic E-state index is 4.47. The van der Waals surface area contributed by atoms with Crippen LogP contribution in [0.1, 0.15) is 5.56 Å². The minimum atomic E-state index is 1.13. The third-order valence-electron chi connectivity index (χ3n) is 1.77. The molecule has 0 unspecified atom stereocenters. The number of aryl methyl sites for hydroxylation is 1. The predicted octanol–water partition coefficient (Wildman–Crippen LogP) is 3.33. The van der Waals surface area contributed by atoms with E-state index >= 15 is 0 Å². The summed E-state index contributed by atoms with van der Waals surface area (Å²) >= 11 is 3.49. The Morgan fingerprint density at radius 1 is 1.42 bits per heavy atom. The van der Waals surface area contributed by atoms with Gasteiger partial charge in [0.1, 0.15) is 0 Å². The number of aromatic nitrogens is 1. The average Bonchev–Trinajstić information content (AvgIpc) is 2.49. The van der Waals surface area contributed by atoms with Gasteiger partial charge in [0.15, 0.2) is 4.34 Å². The van der Waals surface area contributed by atoms with Crippen molar-refractivity contribution in [2.24, 2.45) is 0 Å². The van der Waals surface area contributed by atoms with E-state index in [4.69, 9.17) is 0 Å².